The number of aromatic nitrogens is 1. The van der Waals surface area contributed by atoms with E-state index in [1.165, 1.54) is 12.1 Å². The van der Waals surface area contributed by atoms with Crippen molar-refractivity contribution in [1.82, 2.24) is 9.71 Å². The zero-order valence-corrected chi connectivity index (χ0v) is 19.6. The van der Waals surface area contributed by atoms with Gasteiger partial charge in [-0.1, -0.05) is 6.07 Å². The van der Waals surface area contributed by atoms with E-state index in [1.54, 1.807) is 6.92 Å². The predicted octanol–water partition coefficient (Wildman–Crippen LogP) is 3.79. The summed E-state index contributed by atoms with van der Waals surface area (Å²) < 4.78 is 87.7. The molecule has 0 unspecified atom stereocenters. The molecule has 1 heterocycles. The lowest BCUT2D eigenvalue weighted by atomic mass is 10.00. The number of nitrogens with two attached hydrogens (primary N) is 1. The normalized spacial score (nSPS) is 13.5. The van der Waals surface area contributed by atoms with Crippen LogP contribution in [0.15, 0.2) is 36.5 Å². The number of anilines is 3. The predicted molar refractivity (Wildman–Crippen MR) is 125 cm³/mol. The van der Waals surface area contributed by atoms with E-state index in [-0.39, 0.29) is 17.3 Å². The van der Waals surface area contributed by atoms with Crippen molar-refractivity contribution in [2.75, 3.05) is 10.0 Å². The van der Waals surface area contributed by atoms with Crippen molar-refractivity contribution in [2.45, 2.75) is 32.2 Å². The third kappa shape index (κ3) is 5.57. The highest BCUT2D eigenvalue weighted by molar-refractivity contribution is 7.90. The second-order valence-electron chi connectivity index (χ2n) is 8.37. The minimum atomic E-state index is -4.09. The molecule has 1 amide bonds. The number of hydrogen-bond acceptors (Lipinski definition) is 5. The molecule has 36 heavy (non-hydrogen) atoms. The molecule has 4 rings (SSSR count). The maximum absolute atomic E-state index is 15.0. The number of amides is 1. The molecule has 0 bridgehead atoms. The first-order valence-corrected chi connectivity index (χ1v) is 12.2. The van der Waals surface area contributed by atoms with E-state index < -0.39 is 68.4 Å². The molecule has 0 aliphatic heterocycles. The lowest BCUT2D eigenvalue weighted by Gasteiger charge is -2.16. The summed E-state index contributed by atoms with van der Waals surface area (Å²) in [6.45, 7) is 1.63. The van der Waals surface area contributed by atoms with Crippen LogP contribution in [0.4, 0.5) is 34.8 Å². The van der Waals surface area contributed by atoms with E-state index in [1.807, 2.05) is 4.72 Å². The third-order valence-electron chi connectivity index (χ3n) is 5.41. The van der Waals surface area contributed by atoms with Gasteiger partial charge < -0.3 is 11.1 Å². The molecule has 13 heteroatoms. The van der Waals surface area contributed by atoms with Crippen molar-refractivity contribution in [1.29, 1.82) is 0 Å². The number of nitrogens with zero attached hydrogens (tertiary/aromatic N) is 1. The Morgan fingerprint density at radius 1 is 1.06 bits per heavy atom. The van der Waals surface area contributed by atoms with Crippen LogP contribution < -0.4 is 20.5 Å². The van der Waals surface area contributed by atoms with E-state index in [2.05, 4.69) is 15.0 Å². The maximum atomic E-state index is 15.0. The Labute approximate surface area is 204 Å². The summed E-state index contributed by atoms with van der Waals surface area (Å²) in [6.07, 6.45) is 1.84. The van der Waals surface area contributed by atoms with Gasteiger partial charge in [-0.3, -0.25) is 9.52 Å². The van der Waals surface area contributed by atoms with E-state index in [0.717, 1.165) is 24.4 Å². The van der Waals surface area contributed by atoms with Crippen LogP contribution in [0.3, 0.4) is 0 Å². The fourth-order valence-electron chi connectivity index (χ4n) is 3.45. The zero-order chi connectivity index (χ0) is 26.2. The number of nitrogens with one attached hydrogen (secondary N) is 3. The minimum Gasteiger partial charge on any atom is -0.366 e. The number of hydrogen-bond donors (Lipinski definition) is 4. The summed E-state index contributed by atoms with van der Waals surface area (Å²) >= 11 is 0. The average molecular weight is 524 g/mol. The molecular formula is C23H21F4N5O3S. The summed E-state index contributed by atoms with van der Waals surface area (Å²) in [4.78, 5) is 15.7. The fraction of sp³-hybridized carbons (Fsp3) is 0.217. The molecule has 3 aromatic rings. The lowest BCUT2D eigenvalue weighted by Crippen LogP contribution is -2.32. The van der Waals surface area contributed by atoms with Gasteiger partial charge >= 0.3 is 10.2 Å². The van der Waals surface area contributed by atoms with Crippen molar-refractivity contribution in [3.05, 3.63) is 82.1 Å². The minimum absolute atomic E-state index is 0.217. The van der Waals surface area contributed by atoms with Gasteiger partial charge in [-0.15, -0.1) is 0 Å². The van der Waals surface area contributed by atoms with Gasteiger partial charge in [0.25, 0.3) is 5.91 Å². The van der Waals surface area contributed by atoms with Crippen molar-refractivity contribution in [3.8, 4) is 0 Å². The molecule has 1 aliphatic rings. The van der Waals surface area contributed by atoms with Gasteiger partial charge in [-0.2, -0.15) is 13.1 Å². The Morgan fingerprint density at radius 3 is 2.42 bits per heavy atom. The van der Waals surface area contributed by atoms with Crippen LogP contribution in [0.25, 0.3) is 0 Å². The number of carbonyl (C=O) groups excluding carboxylic acids is 1. The molecule has 1 saturated carbocycles. The molecule has 0 radical (unpaired) electrons. The summed E-state index contributed by atoms with van der Waals surface area (Å²) in [7, 11) is -4.09. The lowest BCUT2D eigenvalue weighted by molar-refractivity contribution is 0.100. The fourth-order valence-corrected chi connectivity index (χ4v) is 4.58. The van der Waals surface area contributed by atoms with Gasteiger partial charge in [0.05, 0.1) is 16.9 Å². The molecule has 2 aromatic carbocycles. The third-order valence-corrected chi connectivity index (χ3v) is 6.52. The topological polar surface area (TPSA) is 126 Å². The van der Waals surface area contributed by atoms with Gasteiger partial charge in [0.1, 0.15) is 5.82 Å². The second kappa shape index (κ2) is 9.74. The van der Waals surface area contributed by atoms with Gasteiger partial charge in [0, 0.05) is 18.7 Å². The van der Waals surface area contributed by atoms with Crippen LogP contribution in [-0.2, 0) is 16.6 Å². The standard InChI is InChI=1S/C23H21F4N5O3S/c1-11-2-5-17(16(24)8-11)30-21-15(22(28)33)10-13(18(25)20(21)27)9-12-6-7-29-23(19(12)26)32-36(34,35)31-14-3-4-14/h2,5-8,10,14,30-31H,3-4,9H2,1H3,(H2,28,33)(H,29,32). The van der Waals surface area contributed by atoms with Crippen LogP contribution in [0.5, 0.6) is 0 Å². The van der Waals surface area contributed by atoms with E-state index in [9.17, 15) is 26.4 Å². The average Bonchev–Trinajstić information content (AvgIpc) is 3.60. The number of pyridine rings is 1. The Bertz CT molecular complexity index is 1460. The smallest absolute Gasteiger partial charge is 0.300 e. The Hall–Kier alpha value is -3.71. The molecule has 1 aromatic heterocycles. The van der Waals surface area contributed by atoms with Gasteiger partial charge in [-0.05, 0) is 60.7 Å². The Balaban J connectivity index is 1.67. The monoisotopic (exact) mass is 523 g/mol. The van der Waals surface area contributed by atoms with Crippen LogP contribution in [-0.4, -0.2) is 25.4 Å². The van der Waals surface area contributed by atoms with E-state index >= 15 is 4.39 Å². The molecule has 8 nitrogen and oxygen atoms in total. The van der Waals surface area contributed by atoms with Crippen LogP contribution in [0, 0.1) is 30.2 Å². The first-order chi connectivity index (χ1) is 16.9. The molecular weight excluding hydrogens is 502 g/mol. The summed E-state index contributed by atoms with van der Waals surface area (Å²) in [5, 5.41) is 2.36. The van der Waals surface area contributed by atoms with Gasteiger partial charge in [-0.25, -0.2) is 22.5 Å². The number of aryl methyl sites for hydroxylation is 1. The van der Waals surface area contributed by atoms with Gasteiger partial charge in [0.2, 0.25) is 0 Å². The largest absolute Gasteiger partial charge is 0.366 e. The molecule has 190 valence electrons. The molecule has 1 fully saturated rings. The zero-order valence-electron chi connectivity index (χ0n) is 18.8. The Morgan fingerprint density at radius 2 is 1.78 bits per heavy atom. The first-order valence-electron chi connectivity index (χ1n) is 10.7. The number of carbonyl (C=O) groups is 1. The molecule has 0 atom stereocenters. The summed E-state index contributed by atoms with van der Waals surface area (Å²) in [5.74, 6) is -6.60. The molecule has 0 spiro atoms. The molecule has 1 aliphatic carbocycles. The van der Waals surface area contributed by atoms with E-state index in [0.29, 0.717) is 18.4 Å². The first kappa shape index (κ1) is 25.4. The van der Waals surface area contributed by atoms with Crippen molar-refractivity contribution >= 4 is 33.3 Å². The SMILES string of the molecule is Cc1ccc(Nc2c(C(N)=O)cc(Cc3ccnc(NS(=O)(=O)NC4CC4)c3F)c(F)c2F)c(F)c1. The number of halogens is 4. The number of rotatable bonds is 9. The van der Waals surface area contributed by atoms with Crippen LogP contribution in [0.2, 0.25) is 0 Å². The van der Waals surface area contributed by atoms with Gasteiger partial charge in [0.15, 0.2) is 23.3 Å². The highest BCUT2D eigenvalue weighted by Crippen LogP contribution is 2.32. The summed E-state index contributed by atoms with van der Waals surface area (Å²) in [6, 6.07) is 5.81. The maximum Gasteiger partial charge on any atom is 0.300 e. The van der Waals surface area contributed by atoms with E-state index in [4.69, 9.17) is 5.73 Å². The van der Waals surface area contributed by atoms with Crippen molar-refractivity contribution in [2.24, 2.45) is 5.73 Å². The van der Waals surface area contributed by atoms with Crippen molar-refractivity contribution in [3.63, 3.8) is 0 Å². The Kier molecular flexibility index (Phi) is 6.87. The second-order valence-corrected chi connectivity index (χ2v) is 9.81. The highest BCUT2D eigenvalue weighted by atomic mass is 32.2. The number of primary amides is 1. The molecule has 5 N–H and O–H groups in total. The highest BCUT2D eigenvalue weighted by Gasteiger charge is 2.28. The van der Waals surface area contributed by atoms with Crippen molar-refractivity contribution < 1.29 is 30.8 Å². The van der Waals surface area contributed by atoms with Crippen LogP contribution in [0.1, 0.15) is 39.9 Å². The quantitative estimate of drug-likeness (QED) is 0.318. The summed E-state index contributed by atoms with van der Waals surface area (Å²) in [5.41, 5.74) is 3.88. The van der Waals surface area contributed by atoms with Crippen LogP contribution >= 0.6 is 0 Å². The number of benzene rings is 2. The molecule has 0 saturated heterocycles.